The van der Waals surface area contributed by atoms with Crippen molar-refractivity contribution in [2.45, 2.75) is 18.1 Å². The Kier molecular flexibility index (Phi) is 3.53. The van der Waals surface area contributed by atoms with E-state index in [1.165, 1.54) is 18.2 Å². The summed E-state index contributed by atoms with van der Waals surface area (Å²) in [6, 6.07) is 2.03. The second-order valence-electron chi connectivity index (χ2n) is 3.86. The number of anilines is 2. The first kappa shape index (κ1) is 11.5. The van der Waals surface area contributed by atoms with Gasteiger partial charge in [-0.15, -0.1) is 0 Å². The number of rotatable bonds is 3. The molecule has 1 aromatic carbocycles. The monoisotopic (exact) mass is 244 g/mol. The zero-order valence-electron chi connectivity index (χ0n) is 8.80. The van der Waals surface area contributed by atoms with Crippen molar-refractivity contribution in [3.63, 3.8) is 0 Å². The number of nitrogens with one attached hydrogen (secondary N) is 1. The van der Waals surface area contributed by atoms with Crippen molar-refractivity contribution in [2.24, 2.45) is 0 Å². The van der Waals surface area contributed by atoms with Crippen molar-refractivity contribution < 1.29 is 8.78 Å². The van der Waals surface area contributed by atoms with Gasteiger partial charge in [0.15, 0.2) is 5.82 Å². The molecule has 88 valence electrons. The van der Waals surface area contributed by atoms with Crippen molar-refractivity contribution in [2.75, 3.05) is 23.3 Å². The van der Waals surface area contributed by atoms with Crippen molar-refractivity contribution in [1.82, 2.24) is 0 Å². The van der Waals surface area contributed by atoms with Crippen molar-refractivity contribution in [3.8, 4) is 0 Å². The molecular weight excluding hydrogens is 230 g/mol. The number of halogens is 2. The fraction of sp³-hybridized carbons (Fsp3) is 0.455. The molecule has 0 bridgehead atoms. The summed E-state index contributed by atoms with van der Waals surface area (Å²) in [6.45, 7) is 0.706. The van der Waals surface area contributed by atoms with Crippen LogP contribution in [-0.4, -0.2) is 17.5 Å². The molecule has 2 nitrogen and oxygen atoms in total. The van der Waals surface area contributed by atoms with E-state index in [0.717, 1.165) is 12.5 Å². The number of nitrogen functional groups attached to an aromatic ring is 1. The third-order valence-electron chi connectivity index (χ3n) is 2.64. The molecule has 1 aliphatic rings. The highest BCUT2D eigenvalue weighted by Gasteiger charge is 2.16. The Labute approximate surface area is 97.6 Å². The molecule has 1 aromatic rings. The number of benzene rings is 1. The van der Waals surface area contributed by atoms with Gasteiger partial charge in [0.1, 0.15) is 5.82 Å². The summed E-state index contributed by atoms with van der Waals surface area (Å²) in [6.07, 6.45) is 2.36. The molecule has 3 N–H and O–H groups in total. The molecule has 0 spiro atoms. The van der Waals surface area contributed by atoms with Crippen LogP contribution in [0.15, 0.2) is 12.1 Å². The molecule has 1 saturated heterocycles. The summed E-state index contributed by atoms with van der Waals surface area (Å²) in [5.41, 5.74) is 5.87. The van der Waals surface area contributed by atoms with E-state index in [1.54, 1.807) is 0 Å². The minimum absolute atomic E-state index is 0.00982. The highest BCUT2D eigenvalue weighted by atomic mass is 32.2. The average Bonchev–Trinajstić information content (AvgIpc) is 2.74. The lowest BCUT2D eigenvalue weighted by molar-refractivity contribution is 0.587. The Balaban J connectivity index is 2.02. The Hall–Kier alpha value is -0.970. The van der Waals surface area contributed by atoms with Gasteiger partial charge in [-0.05, 0) is 24.7 Å². The van der Waals surface area contributed by atoms with Gasteiger partial charge in [-0.3, -0.25) is 0 Å². The first-order chi connectivity index (χ1) is 7.66. The van der Waals surface area contributed by atoms with Crippen molar-refractivity contribution in [3.05, 3.63) is 23.8 Å². The van der Waals surface area contributed by atoms with Crippen LogP contribution in [0.3, 0.4) is 0 Å². The van der Waals surface area contributed by atoms with Crippen molar-refractivity contribution >= 4 is 23.1 Å². The van der Waals surface area contributed by atoms with Crippen LogP contribution in [0.25, 0.3) is 0 Å². The zero-order chi connectivity index (χ0) is 11.5. The minimum atomic E-state index is -0.707. The van der Waals surface area contributed by atoms with Crippen LogP contribution >= 0.6 is 11.8 Å². The van der Waals surface area contributed by atoms with E-state index in [-0.39, 0.29) is 5.69 Å². The van der Waals surface area contributed by atoms with Crippen molar-refractivity contribution in [1.29, 1.82) is 0 Å². The Bertz CT molecular complexity index is 378. The molecule has 1 aliphatic heterocycles. The molecule has 0 saturated carbocycles. The van der Waals surface area contributed by atoms with E-state index in [2.05, 4.69) is 5.32 Å². The predicted molar refractivity (Wildman–Crippen MR) is 64.7 cm³/mol. The largest absolute Gasteiger partial charge is 0.395 e. The van der Waals surface area contributed by atoms with Crippen LogP contribution in [-0.2, 0) is 0 Å². The molecule has 0 radical (unpaired) electrons. The Morgan fingerprint density at radius 1 is 1.44 bits per heavy atom. The lowest BCUT2D eigenvalue weighted by Crippen LogP contribution is -2.15. The molecule has 16 heavy (non-hydrogen) atoms. The van der Waals surface area contributed by atoms with Gasteiger partial charge in [-0.1, -0.05) is 0 Å². The summed E-state index contributed by atoms with van der Waals surface area (Å²) >= 11 is 1.89. The van der Waals surface area contributed by atoms with Crippen LogP contribution in [0.5, 0.6) is 0 Å². The summed E-state index contributed by atoms with van der Waals surface area (Å²) in [5, 5.41) is 3.53. The number of hydrogen-bond donors (Lipinski definition) is 2. The maximum Gasteiger partial charge on any atom is 0.151 e. The molecule has 2 rings (SSSR count). The molecule has 1 unspecified atom stereocenters. The number of thioether (sulfide) groups is 1. The highest BCUT2D eigenvalue weighted by Crippen LogP contribution is 2.28. The quantitative estimate of drug-likeness (QED) is 0.803. The molecule has 1 atom stereocenters. The number of hydrogen-bond acceptors (Lipinski definition) is 3. The van der Waals surface area contributed by atoms with Gasteiger partial charge in [0.05, 0.1) is 11.4 Å². The fourth-order valence-electron chi connectivity index (χ4n) is 1.76. The number of nitrogens with two attached hydrogens (primary N) is 1. The van der Waals surface area contributed by atoms with Gasteiger partial charge in [0.25, 0.3) is 0 Å². The maximum atomic E-state index is 13.1. The highest BCUT2D eigenvalue weighted by molar-refractivity contribution is 8.00. The van der Waals surface area contributed by atoms with Gasteiger partial charge in [-0.25, -0.2) is 8.78 Å². The van der Waals surface area contributed by atoms with E-state index in [0.29, 0.717) is 17.5 Å². The molecular formula is C11H14F2N2S. The van der Waals surface area contributed by atoms with E-state index in [9.17, 15) is 8.78 Å². The zero-order valence-corrected chi connectivity index (χ0v) is 9.62. The van der Waals surface area contributed by atoms with Gasteiger partial charge >= 0.3 is 0 Å². The van der Waals surface area contributed by atoms with E-state index in [4.69, 9.17) is 5.73 Å². The molecule has 5 heteroatoms. The second-order valence-corrected chi connectivity index (χ2v) is 5.27. The van der Waals surface area contributed by atoms with Gasteiger partial charge in [0.2, 0.25) is 0 Å². The summed E-state index contributed by atoms with van der Waals surface area (Å²) < 4.78 is 26.1. The third kappa shape index (κ3) is 2.58. The van der Waals surface area contributed by atoms with Gasteiger partial charge < -0.3 is 11.1 Å². The second kappa shape index (κ2) is 4.91. The van der Waals surface area contributed by atoms with Crippen LogP contribution in [0.2, 0.25) is 0 Å². The smallest absolute Gasteiger partial charge is 0.151 e. The lowest BCUT2D eigenvalue weighted by atomic mass is 10.2. The molecule has 0 aromatic heterocycles. The first-order valence-corrected chi connectivity index (χ1v) is 6.31. The van der Waals surface area contributed by atoms with E-state index >= 15 is 0 Å². The topological polar surface area (TPSA) is 38.0 Å². The average molecular weight is 244 g/mol. The maximum absolute atomic E-state index is 13.1. The predicted octanol–water partition coefficient (Wildman–Crippen LogP) is 2.85. The van der Waals surface area contributed by atoms with Gasteiger partial charge in [0, 0.05) is 17.9 Å². The molecule has 1 heterocycles. The molecule has 0 amide bonds. The fourth-order valence-corrected chi connectivity index (χ4v) is 2.96. The lowest BCUT2D eigenvalue weighted by Gasteiger charge is -2.13. The van der Waals surface area contributed by atoms with Gasteiger partial charge in [-0.2, -0.15) is 11.8 Å². The SMILES string of the molecule is Nc1c(F)cc(F)cc1NCC1CCCS1. The third-order valence-corrected chi connectivity index (χ3v) is 4.04. The normalized spacial score (nSPS) is 20.0. The van der Waals surface area contributed by atoms with Crippen LogP contribution < -0.4 is 11.1 Å². The Morgan fingerprint density at radius 3 is 2.94 bits per heavy atom. The van der Waals surface area contributed by atoms with E-state index < -0.39 is 11.6 Å². The minimum Gasteiger partial charge on any atom is -0.395 e. The standard InChI is InChI=1S/C11H14F2N2S/c12-7-4-9(13)11(14)10(5-7)15-6-8-2-1-3-16-8/h4-5,8,15H,1-3,6,14H2. The van der Waals surface area contributed by atoms with E-state index in [1.807, 2.05) is 11.8 Å². The summed E-state index contributed by atoms with van der Waals surface area (Å²) in [4.78, 5) is 0. The Morgan fingerprint density at radius 2 is 2.25 bits per heavy atom. The van der Waals surface area contributed by atoms with Crippen LogP contribution in [0.1, 0.15) is 12.8 Å². The summed E-state index contributed by atoms with van der Waals surface area (Å²) in [7, 11) is 0. The van der Waals surface area contributed by atoms with Crippen LogP contribution in [0, 0.1) is 11.6 Å². The summed E-state index contributed by atoms with van der Waals surface area (Å²) in [5.74, 6) is -0.144. The van der Waals surface area contributed by atoms with Crippen LogP contribution in [0.4, 0.5) is 20.2 Å². The first-order valence-electron chi connectivity index (χ1n) is 5.27. The molecule has 0 aliphatic carbocycles. The molecule has 1 fully saturated rings.